The zero-order valence-corrected chi connectivity index (χ0v) is 15.9. The van der Waals surface area contributed by atoms with Gasteiger partial charge in [-0.05, 0) is 43.9 Å². The topological polar surface area (TPSA) is 86.7 Å². The van der Waals surface area contributed by atoms with Gasteiger partial charge in [-0.15, -0.1) is 0 Å². The number of nitrogens with one attached hydrogen (secondary N) is 1. The van der Waals surface area contributed by atoms with E-state index in [2.05, 4.69) is 19.9 Å². The average molecular weight is 359 g/mol. The van der Waals surface area contributed by atoms with Crippen LogP contribution in [0.25, 0.3) is 0 Å². The van der Waals surface area contributed by atoms with Gasteiger partial charge in [0.15, 0.2) is 17.5 Å². The highest BCUT2D eigenvalue weighted by Crippen LogP contribution is 2.27. The maximum absolute atomic E-state index is 5.92. The summed E-state index contributed by atoms with van der Waals surface area (Å²) < 4.78 is 12.7. The summed E-state index contributed by atoms with van der Waals surface area (Å²) in [6, 6.07) is 5.91. The fraction of sp³-hybridized carbons (Fsp3) is 0.474. The van der Waals surface area contributed by atoms with Crippen molar-refractivity contribution in [1.82, 2.24) is 14.9 Å². The van der Waals surface area contributed by atoms with Crippen LogP contribution in [-0.2, 0) is 13.0 Å². The number of imidazole rings is 1. The van der Waals surface area contributed by atoms with Gasteiger partial charge in [0.1, 0.15) is 5.82 Å². The average Bonchev–Trinajstić information content (AvgIpc) is 3.06. The van der Waals surface area contributed by atoms with E-state index in [1.54, 1.807) is 14.2 Å². The fourth-order valence-corrected chi connectivity index (χ4v) is 2.66. The summed E-state index contributed by atoms with van der Waals surface area (Å²) in [7, 11) is 3.27. The maximum atomic E-state index is 5.92. The number of aliphatic imine (C=N–C) groups is 1. The van der Waals surface area contributed by atoms with Gasteiger partial charge in [-0.3, -0.25) is 4.99 Å². The molecule has 0 unspecified atom stereocenters. The first-order valence-corrected chi connectivity index (χ1v) is 8.86. The number of guanidine groups is 1. The second-order valence-electron chi connectivity index (χ2n) is 6.01. The lowest BCUT2D eigenvalue weighted by Gasteiger charge is -2.10. The third kappa shape index (κ3) is 5.98. The van der Waals surface area contributed by atoms with Crippen LogP contribution in [-0.4, -0.2) is 42.8 Å². The molecule has 2 rings (SSSR count). The van der Waals surface area contributed by atoms with Crippen molar-refractivity contribution in [2.24, 2.45) is 10.7 Å². The summed E-state index contributed by atoms with van der Waals surface area (Å²) >= 11 is 0. The smallest absolute Gasteiger partial charge is 0.188 e. The lowest BCUT2D eigenvalue weighted by molar-refractivity contribution is 0.354. The van der Waals surface area contributed by atoms with Crippen molar-refractivity contribution < 1.29 is 9.47 Å². The first-order valence-electron chi connectivity index (χ1n) is 8.86. The van der Waals surface area contributed by atoms with Gasteiger partial charge in [0.2, 0.25) is 0 Å². The molecule has 0 aliphatic rings. The van der Waals surface area contributed by atoms with Crippen LogP contribution in [0.5, 0.6) is 11.5 Å². The summed E-state index contributed by atoms with van der Waals surface area (Å²) in [6.45, 7) is 4.43. The van der Waals surface area contributed by atoms with E-state index in [9.17, 15) is 0 Å². The van der Waals surface area contributed by atoms with Gasteiger partial charge >= 0.3 is 0 Å². The van der Waals surface area contributed by atoms with E-state index in [1.165, 1.54) is 0 Å². The Kier molecular flexibility index (Phi) is 7.79. The van der Waals surface area contributed by atoms with Crippen LogP contribution in [0.2, 0.25) is 0 Å². The second kappa shape index (κ2) is 10.3. The second-order valence-corrected chi connectivity index (χ2v) is 6.01. The Morgan fingerprint density at radius 3 is 2.73 bits per heavy atom. The lowest BCUT2D eigenvalue weighted by Crippen LogP contribution is -2.33. The summed E-state index contributed by atoms with van der Waals surface area (Å²) in [5.41, 5.74) is 7.07. The Balaban J connectivity index is 1.65. The van der Waals surface area contributed by atoms with Gasteiger partial charge in [0.25, 0.3) is 0 Å². The number of ether oxygens (including phenoxy) is 2. The number of methoxy groups -OCH3 is 2. The maximum Gasteiger partial charge on any atom is 0.188 e. The zero-order valence-electron chi connectivity index (χ0n) is 15.9. The third-order valence-corrected chi connectivity index (χ3v) is 4.18. The third-order valence-electron chi connectivity index (χ3n) is 4.18. The zero-order chi connectivity index (χ0) is 18.8. The van der Waals surface area contributed by atoms with E-state index < -0.39 is 0 Å². The minimum absolute atomic E-state index is 0.490. The Labute approximate surface area is 155 Å². The molecule has 1 aromatic heterocycles. The molecule has 2 aromatic rings. The highest BCUT2D eigenvalue weighted by molar-refractivity contribution is 5.77. The van der Waals surface area contributed by atoms with Crippen LogP contribution in [0.1, 0.15) is 24.2 Å². The normalized spacial score (nSPS) is 11.4. The van der Waals surface area contributed by atoms with Crippen LogP contribution >= 0.6 is 0 Å². The quantitative estimate of drug-likeness (QED) is 0.386. The molecule has 1 aromatic carbocycles. The van der Waals surface area contributed by atoms with Gasteiger partial charge in [-0.25, -0.2) is 4.98 Å². The minimum Gasteiger partial charge on any atom is -0.493 e. The number of aryl methyl sites for hydroxylation is 2. The van der Waals surface area contributed by atoms with Gasteiger partial charge in [-0.1, -0.05) is 6.07 Å². The molecule has 0 saturated carbocycles. The van der Waals surface area contributed by atoms with Crippen LogP contribution in [0.15, 0.2) is 35.6 Å². The molecular formula is C19H29N5O2. The number of nitrogens with zero attached hydrogens (tertiary/aromatic N) is 3. The molecular weight excluding hydrogens is 330 g/mol. The van der Waals surface area contributed by atoms with Crippen LogP contribution in [0.3, 0.4) is 0 Å². The van der Waals surface area contributed by atoms with Crippen LogP contribution in [0.4, 0.5) is 0 Å². The van der Waals surface area contributed by atoms with E-state index >= 15 is 0 Å². The molecule has 0 saturated heterocycles. The molecule has 0 spiro atoms. The number of rotatable bonds is 10. The molecule has 0 bridgehead atoms. The Hall–Kier alpha value is -2.70. The highest BCUT2D eigenvalue weighted by Gasteiger charge is 2.04. The highest BCUT2D eigenvalue weighted by atomic mass is 16.5. The number of benzene rings is 1. The molecule has 3 N–H and O–H groups in total. The van der Waals surface area contributed by atoms with E-state index in [0.717, 1.165) is 61.8 Å². The van der Waals surface area contributed by atoms with E-state index in [0.29, 0.717) is 5.96 Å². The first kappa shape index (κ1) is 19.6. The molecule has 0 radical (unpaired) electrons. The monoisotopic (exact) mass is 359 g/mol. The molecule has 0 aliphatic heterocycles. The number of unbranched alkanes of at least 4 members (excludes halogenated alkanes) is 1. The molecule has 7 nitrogen and oxygen atoms in total. The van der Waals surface area contributed by atoms with Gasteiger partial charge in [0, 0.05) is 32.0 Å². The van der Waals surface area contributed by atoms with Crippen molar-refractivity contribution in [3.05, 3.63) is 42.0 Å². The summed E-state index contributed by atoms with van der Waals surface area (Å²) in [5.74, 6) is 3.00. The Bertz CT molecular complexity index is 712. The van der Waals surface area contributed by atoms with Crippen molar-refractivity contribution in [3.63, 3.8) is 0 Å². The standard InChI is InChI=1S/C19H29N5O2/c1-15-21-11-13-24(15)12-5-4-9-22-19(20)23-10-8-16-6-7-17(25-2)18(14-16)26-3/h6-7,11,13-14H,4-5,8-10,12H2,1-3H3,(H3,20,22,23). The van der Waals surface area contributed by atoms with Crippen molar-refractivity contribution in [3.8, 4) is 11.5 Å². The summed E-state index contributed by atoms with van der Waals surface area (Å²) in [6.07, 6.45) is 6.71. The van der Waals surface area contributed by atoms with Crippen molar-refractivity contribution in [2.75, 3.05) is 27.3 Å². The molecule has 0 atom stereocenters. The van der Waals surface area contributed by atoms with Crippen molar-refractivity contribution in [1.29, 1.82) is 0 Å². The molecule has 142 valence electrons. The van der Waals surface area contributed by atoms with Gasteiger partial charge in [-0.2, -0.15) is 0 Å². The molecule has 0 aliphatic carbocycles. The number of hydrogen-bond donors (Lipinski definition) is 2. The van der Waals surface area contributed by atoms with Gasteiger partial charge in [0.05, 0.1) is 14.2 Å². The first-order chi connectivity index (χ1) is 12.6. The predicted molar refractivity (Wildman–Crippen MR) is 104 cm³/mol. The lowest BCUT2D eigenvalue weighted by atomic mass is 10.1. The van der Waals surface area contributed by atoms with Crippen LogP contribution < -0.4 is 20.5 Å². The molecule has 0 fully saturated rings. The molecule has 0 amide bonds. The van der Waals surface area contributed by atoms with E-state index in [1.807, 2.05) is 37.5 Å². The van der Waals surface area contributed by atoms with Crippen LogP contribution in [0, 0.1) is 6.92 Å². The van der Waals surface area contributed by atoms with Crippen molar-refractivity contribution in [2.45, 2.75) is 32.7 Å². The largest absolute Gasteiger partial charge is 0.493 e. The summed E-state index contributed by atoms with van der Waals surface area (Å²) in [5, 5.41) is 3.15. The number of aromatic nitrogens is 2. The Morgan fingerprint density at radius 2 is 2.04 bits per heavy atom. The summed E-state index contributed by atoms with van der Waals surface area (Å²) in [4.78, 5) is 8.58. The fourth-order valence-electron chi connectivity index (χ4n) is 2.66. The van der Waals surface area contributed by atoms with Gasteiger partial charge < -0.3 is 25.1 Å². The molecule has 26 heavy (non-hydrogen) atoms. The number of hydrogen-bond acceptors (Lipinski definition) is 4. The Morgan fingerprint density at radius 1 is 1.23 bits per heavy atom. The predicted octanol–water partition coefficient (Wildman–Crippen LogP) is 2.14. The molecule has 7 heteroatoms. The van der Waals surface area contributed by atoms with E-state index in [-0.39, 0.29) is 0 Å². The number of nitrogens with two attached hydrogens (primary N) is 1. The van der Waals surface area contributed by atoms with E-state index in [4.69, 9.17) is 15.2 Å². The SMILES string of the molecule is COc1ccc(CCNC(N)=NCCCCn2ccnc2C)cc1OC. The minimum atomic E-state index is 0.490. The van der Waals surface area contributed by atoms with Crippen molar-refractivity contribution >= 4 is 5.96 Å². The molecule has 1 heterocycles.